The Morgan fingerprint density at radius 1 is 1.00 bits per heavy atom. The molecule has 2 heterocycles. The molecule has 7 heteroatoms. The Labute approximate surface area is 146 Å². The first-order chi connectivity index (χ1) is 11.6. The maximum atomic E-state index is 12.1. The summed E-state index contributed by atoms with van der Waals surface area (Å²) in [5.74, 6) is -0.359. The minimum Gasteiger partial charge on any atom is -0.295 e. The quantitative estimate of drug-likeness (QED) is 0.500. The van der Waals surface area contributed by atoms with Crippen LogP contribution in [0.1, 0.15) is 0 Å². The molecule has 24 heavy (non-hydrogen) atoms. The van der Waals surface area contributed by atoms with Crippen LogP contribution in [0.15, 0.2) is 63.9 Å². The van der Waals surface area contributed by atoms with Crippen LogP contribution in [-0.2, 0) is 0 Å². The lowest BCUT2D eigenvalue weighted by Crippen LogP contribution is -2.13. The van der Waals surface area contributed by atoms with E-state index in [1.54, 1.807) is 24.3 Å². The minimum atomic E-state index is -0.628. The summed E-state index contributed by atoms with van der Waals surface area (Å²) in [6, 6.07) is 16.2. The third-order valence-corrected chi connectivity index (χ3v) is 4.11. The Hall–Kier alpha value is -2.63. The second-order valence-corrected chi connectivity index (χ2v) is 5.90. The standard InChI is InChI=1S/C17H9Cl2N3O2/c18-11-5-3-6-12(9-11)22-16(21-24-17(22)23)13-8-10-4-1-2-7-14(10)20-15(13)19/h1-9H. The number of hydrogen-bond acceptors (Lipinski definition) is 4. The van der Waals surface area contributed by atoms with Crippen LogP contribution in [0.5, 0.6) is 0 Å². The zero-order chi connectivity index (χ0) is 16.7. The molecule has 4 aromatic rings. The van der Waals surface area contributed by atoms with E-state index >= 15 is 0 Å². The minimum absolute atomic E-state index is 0.234. The molecule has 0 amide bonds. The van der Waals surface area contributed by atoms with Crippen molar-refractivity contribution in [2.24, 2.45) is 0 Å². The van der Waals surface area contributed by atoms with Crippen LogP contribution in [0, 0.1) is 0 Å². The fourth-order valence-electron chi connectivity index (χ4n) is 2.51. The number of nitrogens with zero attached hydrogens (tertiary/aromatic N) is 3. The molecule has 0 unspecified atom stereocenters. The van der Waals surface area contributed by atoms with Crippen LogP contribution in [0.2, 0.25) is 10.2 Å². The van der Waals surface area contributed by atoms with E-state index in [1.165, 1.54) is 4.57 Å². The van der Waals surface area contributed by atoms with Crippen LogP contribution < -0.4 is 5.76 Å². The van der Waals surface area contributed by atoms with E-state index in [-0.39, 0.29) is 11.0 Å². The number of para-hydroxylation sites is 1. The summed E-state index contributed by atoms with van der Waals surface area (Å²) in [6.45, 7) is 0. The summed E-state index contributed by atoms with van der Waals surface area (Å²) in [6.07, 6.45) is 0. The van der Waals surface area contributed by atoms with Crippen LogP contribution >= 0.6 is 23.2 Å². The Morgan fingerprint density at radius 3 is 2.67 bits per heavy atom. The Bertz CT molecular complexity index is 1120. The topological polar surface area (TPSA) is 60.9 Å². The molecule has 2 aromatic heterocycles. The summed E-state index contributed by atoms with van der Waals surface area (Å²) in [5, 5.41) is 5.48. The monoisotopic (exact) mass is 357 g/mol. The van der Waals surface area contributed by atoms with Gasteiger partial charge in [-0.25, -0.2) is 14.3 Å². The van der Waals surface area contributed by atoms with Gasteiger partial charge in [0.1, 0.15) is 5.15 Å². The Morgan fingerprint density at radius 2 is 1.83 bits per heavy atom. The third-order valence-electron chi connectivity index (χ3n) is 3.59. The van der Waals surface area contributed by atoms with Gasteiger partial charge in [-0.1, -0.05) is 52.6 Å². The molecule has 0 aliphatic heterocycles. The van der Waals surface area contributed by atoms with E-state index < -0.39 is 5.76 Å². The number of fused-ring (bicyclic) bond motifs is 1. The van der Waals surface area contributed by atoms with Gasteiger partial charge in [0.15, 0.2) is 5.82 Å². The van der Waals surface area contributed by atoms with Crippen LogP contribution in [0.4, 0.5) is 0 Å². The smallest absolute Gasteiger partial charge is 0.295 e. The molecule has 4 rings (SSSR count). The van der Waals surface area contributed by atoms with Crippen LogP contribution in [-0.4, -0.2) is 14.7 Å². The van der Waals surface area contributed by atoms with Crippen LogP contribution in [0.3, 0.4) is 0 Å². The highest BCUT2D eigenvalue weighted by molar-refractivity contribution is 6.32. The zero-order valence-electron chi connectivity index (χ0n) is 12.1. The van der Waals surface area contributed by atoms with Gasteiger partial charge < -0.3 is 0 Å². The van der Waals surface area contributed by atoms with E-state index in [1.807, 2.05) is 30.3 Å². The van der Waals surface area contributed by atoms with Crippen molar-refractivity contribution in [3.05, 3.63) is 75.3 Å². The first-order valence-corrected chi connectivity index (χ1v) is 7.79. The lowest BCUT2D eigenvalue weighted by Gasteiger charge is -2.07. The van der Waals surface area contributed by atoms with E-state index in [0.29, 0.717) is 16.3 Å². The summed E-state index contributed by atoms with van der Waals surface area (Å²) in [4.78, 5) is 16.5. The van der Waals surface area contributed by atoms with Gasteiger partial charge >= 0.3 is 5.76 Å². The molecular formula is C17H9Cl2N3O2. The summed E-state index contributed by atoms with van der Waals surface area (Å²) in [5.41, 5.74) is 1.79. The molecule has 118 valence electrons. The van der Waals surface area contributed by atoms with Crippen molar-refractivity contribution < 1.29 is 4.52 Å². The molecule has 0 fully saturated rings. The van der Waals surface area contributed by atoms with Crippen LogP contribution in [0.25, 0.3) is 28.0 Å². The van der Waals surface area contributed by atoms with Crippen molar-refractivity contribution >= 4 is 34.1 Å². The maximum absolute atomic E-state index is 12.1. The molecule has 0 aliphatic carbocycles. The van der Waals surface area contributed by atoms with Gasteiger partial charge in [-0.15, -0.1) is 0 Å². The molecular weight excluding hydrogens is 349 g/mol. The summed E-state index contributed by atoms with van der Waals surface area (Å²) < 4.78 is 6.15. The first-order valence-electron chi connectivity index (χ1n) is 7.04. The molecule has 0 bridgehead atoms. The van der Waals surface area contributed by atoms with Gasteiger partial charge in [0, 0.05) is 10.4 Å². The Kier molecular flexibility index (Phi) is 3.59. The number of pyridine rings is 1. The molecule has 0 aliphatic rings. The lowest BCUT2D eigenvalue weighted by atomic mass is 10.1. The van der Waals surface area contributed by atoms with E-state index in [4.69, 9.17) is 27.7 Å². The highest BCUT2D eigenvalue weighted by Crippen LogP contribution is 2.29. The fourth-order valence-corrected chi connectivity index (χ4v) is 2.93. The van der Waals surface area contributed by atoms with Crippen molar-refractivity contribution in [3.63, 3.8) is 0 Å². The predicted molar refractivity (Wildman–Crippen MR) is 92.9 cm³/mol. The lowest BCUT2D eigenvalue weighted by molar-refractivity contribution is 0.383. The largest absolute Gasteiger partial charge is 0.446 e. The maximum Gasteiger partial charge on any atom is 0.446 e. The molecule has 0 spiro atoms. The number of rotatable bonds is 2. The Balaban J connectivity index is 1.99. The average Bonchev–Trinajstić information content (AvgIpc) is 2.95. The van der Waals surface area contributed by atoms with Gasteiger partial charge in [-0.2, -0.15) is 0 Å². The number of benzene rings is 2. The van der Waals surface area contributed by atoms with Crippen molar-refractivity contribution in [1.29, 1.82) is 0 Å². The van der Waals surface area contributed by atoms with E-state index in [2.05, 4.69) is 10.1 Å². The molecule has 2 aromatic carbocycles. The number of hydrogen-bond donors (Lipinski definition) is 0. The number of halogens is 2. The predicted octanol–water partition coefficient (Wildman–Crippen LogP) is 4.35. The average molecular weight is 358 g/mol. The van der Waals surface area contributed by atoms with Crippen molar-refractivity contribution in [1.82, 2.24) is 14.7 Å². The fraction of sp³-hybridized carbons (Fsp3) is 0. The van der Waals surface area contributed by atoms with E-state index in [9.17, 15) is 4.79 Å². The van der Waals surface area contributed by atoms with Crippen molar-refractivity contribution in [3.8, 4) is 17.1 Å². The molecule has 0 atom stereocenters. The molecule has 5 nitrogen and oxygen atoms in total. The van der Waals surface area contributed by atoms with Gasteiger partial charge in [0.2, 0.25) is 0 Å². The second kappa shape index (κ2) is 5.78. The molecule has 0 radical (unpaired) electrons. The highest BCUT2D eigenvalue weighted by Gasteiger charge is 2.18. The highest BCUT2D eigenvalue weighted by atomic mass is 35.5. The summed E-state index contributed by atoms with van der Waals surface area (Å²) >= 11 is 12.3. The molecule has 0 saturated heterocycles. The zero-order valence-corrected chi connectivity index (χ0v) is 13.6. The third kappa shape index (κ3) is 2.48. The second-order valence-electron chi connectivity index (χ2n) is 5.11. The number of aromatic nitrogens is 3. The van der Waals surface area contributed by atoms with Gasteiger partial charge in [-0.3, -0.25) is 4.52 Å². The normalized spacial score (nSPS) is 11.1. The van der Waals surface area contributed by atoms with Gasteiger partial charge in [0.05, 0.1) is 16.8 Å². The SMILES string of the molecule is O=c1onc(-c2cc3ccccc3nc2Cl)n1-c1cccc(Cl)c1. The van der Waals surface area contributed by atoms with Gasteiger partial charge in [0.25, 0.3) is 0 Å². The van der Waals surface area contributed by atoms with Crippen molar-refractivity contribution in [2.45, 2.75) is 0 Å². The first kappa shape index (κ1) is 14.9. The van der Waals surface area contributed by atoms with Gasteiger partial charge in [-0.05, 0) is 30.3 Å². The summed E-state index contributed by atoms with van der Waals surface area (Å²) in [7, 11) is 0. The molecule has 0 N–H and O–H groups in total. The van der Waals surface area contributed by atoms with Crippen molar-refractivity contribution in [2.75, 3.05) is 0 Å². The molecule has 0 saturated carbocycles. The van der Waals surface area contributed by atoms with E-state index in [0.717, 1.165) is 10.9 Å².